The van der Waals surface area contributed by atoms with E-state index in [1.807, 2.05) is 24.3 Å². The number of carbonyl (C=O) groups excluding carboxylic acids is 1. The van der Waals surface area contributed by atoms with Crippen LogP contribution >= 0.6 is 11.6 Å². The van der Waals surface area contributed by atoms with Crippen LogP contribution in [0.5, 0.6) is 5.75 Å². The molecule has 126 valence electrons. The number of hydrogen-bond donors (Lipinski definition) is 1. The highest BCUT2D eigenvalue weighted by Gasteiger charge is 2.30. The van der Waals surface area contributed by atoms with Gasteiger partial charge in [0.05, 0.1) is 13.2 Å². The van der Waals surface area contributed by atoms with Crippen molar-refractivity contribution in [1.82, 2.24) is 10.2 Å². The Bertz CT molecular complexity index is 733. The Balaban J connectivity index is 1.96. The lowest BCUT2D eigenvalue weighted by atomic mass is 10.0. The fourth-order valence-corrected chi connectivity index (χ4v) is 3.23. The van der Waals surface area contributed by atoms with Gasteiger partial charge in [-0.15, -0.1) is 0 Å². The summed E-state index contributed by atoms with van der Waals surface area (Å²) in [5, 5.41) is 3.50. The second-order valence-electron chi connectivity index (χ2n) is 5.62. The van der Waals surface area contributed by atoms with Gasteiger partial charge in [0.2, 0.25) is 0 Å². The van der Waals surface area contributed by atoms with Crippen LogP contribution in [0, 0.1) is 5.82 Å². The minimum Gasteiger partial charge on any atom is -0.496 e. The first kappa shape index (κ1) is 16.7. The highest BCUT2D eigenvalue weighted by atomic mass is 35.5. The molecule has 1 aliphatic rings. The molecule has 1 fully saturated rings. The van der Waals surface area contributed by atoms with Crippen LogP contribution in [-0.2, 0) is 0 Å². The van der Waals surface area contributed by atoms with E-state index < -0.39 is 5.82 Å². The van der Waals surface area contributed by atoms with Gasteiger partial charge in [0, 0.05) is 35.8 Å². The predicted molar refractivity (Wildman–Crippen MR) is 91.1 cm³/mol. The van der Waals surface area contributed by atoms with Crippen LogP contribution in [-0.4, -0.2) is 37.6 Å². The van der Waals surface area contributed by atoms with Crippen molar-refractivity contribution in [3.8, 4) is 5.75 Å². The molecule has 1 amide bonds. The Morgan fingerprint density at radius 3 is 2.88 bits per heavy atom. The maximum Gasteiger partial charge on any atom is 0.254 e. The lowest BCUT2D eigenvalue weighted by molar-refractivity contribution is 0.0631. The van der Waals surface area contributed by atoms with E-state index in [4.69, 9.17) is 16.3 Å². The highest BCUT2D eigenvalue weighted by molar-refractivity contribution is 6.31. The SMILES string of the molecule is COc1ccccc1C1CNCCN1C(=O)c1cc(F)cc(Cl)c1. The molecular weight excluding hydrogens is 331 g/mol. The monoisotopic (exact) mass is 348 g/mol. The minimum absolute atomic E-state index is 0.190. The molecule has 1 unspecified atom stereocenters. The Kier molecular flexibility index (Phi) is 5.02. The second-order valence-corrected chi connectivity index (χ2v) is 6.05. The summed E-state index contributed by atoms with van der Waals surface area (Å²) in [5.74, 6) is -0.0371. The zero-order chi connectivity index (χ0) is 17.1. The first-order valence-corrected chi connectivity index (χ1v) is 8.08. The number of nitrogens with zero attached hydrogens (tertiary/aromatic N) is 1. The standard InChI is InChI=1S/C18H18ClFN2O2/c1-24-17-5-3-2-4-15(17)16-11-21-6-7-22(16)18(23)12-8-13(19)10-14(20)9-12/h2-5,8-10,16,21H,6-7,11H2,1H3. The van der Waals surface area contributed by atoms with E-state index in [1.165, 1.54) is 18.2 Å². The Labute approximate surface area is 145 Å². The zero-order valence-electron chi connectivity index (χ0n) is 13.3. The molecule has 0 spiro atoms. The molecule has 0 aromatic heterocycles. The van der Waals surface area contributed by atoms with E-state index in [9.17, 15) is 9.18 Å². The number of nitrogens with one attached hydrogen (secondary N) is 1. The normalized spacial score (nSPS) is 17.6. The third-order valence-corrected chi connectivity index (χ3v) is 4.33. The number of para-hydroxylation sites is 1. The number of piperazine rings is 1. The number of benzene rings is 2. The number of carbonyl (C=O) groups is 1. The second kappa shape index (κ2) is 7.20. The van der Waals surface area contributed by atoms with E-state index in [2.05, 4.69) is 5.32 Å². The van der Waals surface area contributed by atoms with Gasteiger partial charge in [-0.3, -0.25) is 4.79 Å². The maximum atomic E-state index is 13.6. The summed E-state index contributed by atoms with van der Waals surface area (Å²) in [5.41, 5.74) is 1.17. The van der Waals surface area contributed by atoms with Gasteiger partial charge in [-0.25, -0.2) is 4.39 Å². The van der Waals surface area contributed by atoms with Crippen molar-refractivity contribution in [2.45, 2.75) is 6.04 Å². The van der Waals surface area contributed by atoms with Gasteiger partial charge < -0.3 is 15.0 Å². The van der Waals surface area contributed by atoms with E-state index in [0.717, 1.165) is 11.3 Å². The number of hydrogen-bond acceptors (Lipinski definition) is 3. The molecular formula is C18H18ClFN2O2. The molecule has 0 bridgehead atoms. The number of halogens is 2. The van der Waals surface area contributed by atoms with Gasteiger partial charge >= 0.3 is 0 Å². The summed E-state index contributed by atoms with van der Waals surface area (Å²) in [4.78, 5) is 14.7. The lowest BCUT2D eigenvalue weighted by Gasteiger charge is -2.37. The van der Waals surface area contributed by atoms with Crippen LogP contribution in [0.15, 0.2) is 42.5 Å². The summed E-state index contributed by atoms with van der Waals surface area (Å²) in [6.45, 7) is 1.81. The summed E-state index contributed by atoms with van der Waals surface area (Å²) in [6, 6.07) is 11.3. The molecule has 1 atom stereocenters. The summed E-state index contributed by atoms with van der Waals surface area (Å²) < 4.78 is 19.0. The van der Waals surface area contributed by atoms with Crippen molar-refractivity contribution in [1.29, 1.82) is 0 Å². The van der Waals surface area contributed by atoms with Crippen LogP contribution in [0.3, 0.4) is 0 Å². The number of rotatable bonds is 3. The molecule has 1 saturated heterocycles. The van der Waals surface area contributed by atoms with E-state index in [1.54, 1.807) is 12.0 Å². The minimum atomic E-state index is -0.519. The first-order chi connectivity index (χ1) is 11.6. The molecule has 3 rings (SSSR count). The summed E-state index contributed by atoms with van der Waals surface area (Å²) >= 11 is 5.89. The van der Waals surface area contributed by atoms with Gasteiger partial charge in [0.15, 0.2) is 0 Å². The zero-order valence-corrected chi connectivity index (χ0v) is 14.0. The highest BCUT2D eigenvalue weighted by Crippen LogP contribution is 2.31. The molecule has 1 aliphatic heterocycles. The van der Waals surface area contributed by atoms with Crippen LogP contribution in [0.2, 0.25) is 5.02 Å². The molecule has 2 aromatic rings. The van der Waals surface area contributed by atoms with Gasteiger partial charge in [0.25, 0.3) is 5.91 Å². The van der Waals surface area contributed by atoms with Crippen molar-refractivity contribution >= 4 is 17.5 Å². The number of amides is 1. The third kappa shape index (κ3) is 3.37. The van der Waals surface area contributed by atoms with Crippen molar-refractivity contribution in [2.24, 2.45) is 0 Å². The molecule has 0 saturated carbocycles. The lowest BCUT2D eigenvalue weighted by Crippen LogP contribution is -2.48. The topological polar surface area (TPSA) is 41.6 Å². The number of ether oxygens (including phenoxy) is 1. The van der Waals surface area contributed by atoms with Crippen molar-refractivity contribution in [3.05, 3.63) is 64.4 Å². The predicted octanol–water partition coefficient (Wildman–Crippen LogP) is 3.27. The Hall–Kier alpha value is -2.11. The van der Waals surface area contributed by atoms with Crippen LogP contribution in [0.1, 0.15) is 22.0 Å². The first-order valence-electron chi connectivity index (χ1n) is 7.71. The quantitative estimate of drug-likeness (QED) is 0.925. The van der Waals surface area contributed by atoms with Crippen molar-refractivity contribution in [2.75, 3.05) is 26.7 Å². The maximum absolute atomic E-state index is 13.6. The summed E-state index contributed by atoms with van der Waals surface area (Å²) in [6.07, 6.45) is 0. The van der Waals surface area contributed by atoms with Crippen LogP contribution in [0.4, 0.5) is 4.39 Å². The van der Waals surface area contributed by atoms with Crippen LogP contribution < -0.4 is 10.1 Å². The molecule has 0 aliphatic carbocycles. The van der Waals surface area contributed by atoms with E-state index >= 15 is 0 Å². The largest absolute Gasteiger partial charge is 0.496 e. The summed E-state index contributed by atoms with van der Waals surface area (Å²) in [7, 11) is 1.60. The molecule has 4 nitrogen and oxygen atoms in total. The molecule has 24 heavy (non-hydrogen) atoms. The average Bonchev–Trinajstić information content (AvgIpc) is 2.60. The van der Waals surface area contributed by atoms with E-state index in [-0.39, 0.29) is 22.5 Å². The van der Waals surface area contributed by atoms with Gasteiger partial charge in [-0.2, -0.15) is 0 Å². The molecule has 1 N–H and O–H groups in total. The van der Waals surface area contributed by atoms with Crippen molar-refractivity contribution in [3.63, 3.8) is 0 Å². The Morgan fingerprint density at radius 2 is 2.12 bits per heavy atom. The molecule has 2 aromatic carbocycles. The fourth-order valence-electron chi connectivity index (χ4n) is 3.01. The van der Waals surface area contributed by atoms with E-state index in [0.29, 0.717) is 19.6 Å². The van der Waals surface area contributed by atoms with Gasteiger partial charge in [-0.1, -0.05) is 29.8 Å². The molecule has 0 radical (unpaired) electrons. The number of methoxy groups -OCH3 is 1. The average molecular weight is 349 g/mol. The fraction of sp³-hybridized carbons (Fsp3) is 0.278. The third-order valence-electron chi connectivity index (χ3n) is 4.11. The molecule has 6 heteroatoms. The smallest absolute Gasteiger partial charge is 0.254 e. The van der Waals surface area contributed by atoms with Gasteiger partial charge in [0.1, 0.15) is 11.6 Å². The van der Waals surface area contributed by atoms with Crippen LogP contribution in [0.25, 0.3) is 0 Å². The Morgan fingerprint density at radius 1 is 1.33 bits per heavy atom. The van der Waals surface area contributed by atoms with Crippen molar-refractivity contribution < 1.29 is 13.9 Å². The molecule has 1 heterocycles. The van der Waals surface area contributed by atoms with Gasteiger partial charge in [-0.05, 0) is 24.3 Å².